The first-order valence-electron chi connectivity index (χ1n) is 15.7. The molecule has 1 aromatic rings. The lowest BCUT2D eigenvalue weighted by atomic mass is 9.46. The zero-order valence-corrected chi connectivity index (χ0v) is 23.9. The lowest BCUT2D eigenvalue weighted by Gasteiger charge is -2.59. The third-order valence-corrected chi connectivity index (χ3v) is 12.4. The van der Waals surface area contributed by atoms with Crippen LogP contribution in [0.5, 0.6) is 5.75 Å². The van der Waals surface area contributed by atoms with Gasteiger partial charge in [0.2, 0.25) is 0 Å². The van der Waals surface area contributed by atoms with E-state index in [0.29, 0.717) is 28.1 Å². The molecule has 10 atom stereocenters. The SMILES string of the molecule is CC(C)CCCC(C)C1CCC2C3C=CC4CC(Oc5ccc(N)cc5N)CCC45CCC(CC12C)C35. The molecule has 3 heteroatoms. The molecule has 1 aromatic carbocycles. The highest BCUT2D eigenvalue weighted by atomic mass is 16.5. The summed E-state index contributed by atoms with van der Waals surface area (Å²) in [6.45, 7) is 10.1. The first kappa shape index (κ1) is 25.6. The van der Waals surface area contributed by atoms with E-state index in [1.807, 2.05) is 18.2 Å². The maximum absolute atomic E-state index is 6.49. The average molecular weight is 505 g/mol. The molecule has 0 saturated heterocycles. The summed E-state index contributed by atoms with van der Waals surface area (Å²) < 4.78 is 6.49. The topological polar surface area (TPSA) is 61.3 Å². The molecule has 0 bridgehead atoms. The van der Waals surface area contributed by atoms with Crippen molar-refractivity contribution >= 4 is 11.4 Å². The zero-order valence-electron chi connectivity index (χ0n) is 23.9. The number of allylic oxidation sites excluding steroid dienone is 2. The van der Waals surface area contributed by atoms with E-state index in [9.17, 15) is 0 Å². The van der Waals surface area contributed by atoms with Crippen LogP contribution in [0.25, 0.3) is 0 Å². The van der Waals surface area contributed by atoms with Crippen LogP contribution in [0.2, 0.25) is 0 Å². The van der Waals surface area contributed by atoms with E-state index in [-0.39, 0.29) is 6.10 Å². The standard InChI is InChI=1S/C34H52N2O/c1-21(2)6-5-7-22(3)28-11-12-29-27-10-8-24-18-26(37-31-13-9-25(35)19-30(31)36)15-17-34(24)16-14-23(32(27)34)20-33(28,29)4/h8-10,13,19,21-24,26-29,32H,5-7,11-12,14-18,20,35-36H2,1-4H3. The van der Waals surface area contributed by atoms with Crippen molar-refractivity contribution in [3.05, 3.63) is 30.4 Å². The van der Waals surface area contributed by atoms with Crippen LogP contribution in [0.15, 0.2) is 30.4 Å². The Balaban J connectivity index is 1.19. The maximum atomic E-state index is 6.49. The summed E-state index contributed by atoms with van der Waals surface area (Å²) in [6, 6.07) is 5.68. The second-order valence-electron chi connectivity index (χ2n) is 14.7. The Bertz CT molecular complexity index is 1020. The van der Waals surface area contributed by atoms with Gasteiger partial charge in [0.25, 0.3) is 0 Å². The molecule has 10 unspecified atom stereocenters. The number of nitrogens with two attached hydrogens (primary N) is 2. The molecule has 0 heterocycles. The smallest absolute Gasteiger partial charge is 0.142 e. The number of ether oxygens (including phenoxy) is 1. The van der Waals surface area contributed by atoms with Crippen LogP contribution in [0.4, 0.5) is 11.4 Å². The molecule has 5 aliphatic carbocycles. The fraction of sp³-hybridized carbons (Fsp3) is 0.765. The first-order valence-corrected chi connectivity index (χ1v) is 15.7. The van der Waals surface area contributed by atoms with Gasteiger partial charge in [-0.2, -0.15) is 0 Å². The van der Waals surface area contributed by atoms with Gasteiger partial charge >= 0.3 is 0 Å². The number of fused-ring (bicyclic) bond motifs is 2. The van der Waals surface area contributed by atoms with Crippen molar-refractivity contribution in [3.63, 3.8) is 0 Å². The monoisotopic (exact) mass is 504 g/mol. The molecule has 0 aliphatic heterocycles. The fourth-order valence-corrected chi connectivity index (χ4v) is 10.9. The number of hydrogen-bond acceptors (Lipinski definition) is 3. The average Bonchev–Trinajstić information content (AvgIpc) is 3.39. The van der Waals surface area contributed by atoms with Gasteiger partial charge in [0.15, 0.2) is 0 Å². The Morgan fingerprint density at radius 2 is 1.81 bits per heavy atom. The van der Waals surface area contributed by atoms with E-state index in [4.69, 9.17) is 16.2 Å². The molecular weight excluding hydrogens is 452 g/mol. The molecule has 0 aromatic heterocycles. The van der Waals surface area contributed by atoms with Crippen molar-refractivity contribution in [3.8, 4) is 5.75 Å². The van der Waals surface area contributed by atoms with Gasteiger partial charge in [0.05, 0.1) is 11.8 Å². The number of rotatable bonds is 7. The molecule has 5 aliphatic rings. The Kier molecular flexibility index (Phi) is 6.60. The van der Waals surface area contributed by atoms with E-state index in [2.05, 4.69) is 39.8 Å². The van der Waals surface area contributed by atoms with Gasteiger partial charge in [-0.1, -0.05) is 59.1 Å². The van der Waals surface area contributed by atoms with Gasteiger partial charge in [-0.25, -0.2) is 0 Å². The molecule has 4 N–H and O–H groups in total. The van der Waals surface area contributed by atoms with Crippen LogP contribution in [0.1, 0.15) is 98.3 Å². The van der Waals surface area contributed by atoms with Crippen LogP contribution in [-0.4, -0.2) is 6.10 Å². The summed E-state index contributed by atoms with van der Waals surface area (Å²) in [5.74, 6) is 7.72. The molecule has 0 radical (unpaired) electrons. The Labute approximate surface area is 226 Å². The Hall–Kier alpha value is -1.64. The zero-order chi connectivity index (χ0) is 25.9. The molecule has 6 rings (SSSR count). The van der Waals surface area contributed by atoms with Crippen LogP contribution in [-0.2, 0) is 0 Å². The van der Waals surface area contributed by atoms with Crippen molar-refractivity contribution in [2.24, 2.45) is 58.2 Å². The number of hydrogen-bond donors (Lipinski definition) is 2. The predicted octanol–water partition coefficient (Wildman–Crippen LogP) is 8.50. The highest BCUT2D eigenvalue weighted by molar-refractivity contribution is 5.60. The number of nitrogen functional groups attached to an aromatic ring is 2. The highest BCUT2D eigenvalue weighted by Gasteiger charge is 2.65. The summed E-state index contributed by atoms with van der Waals surface area (Å²) in [4.78, 5) is 0. The van der Waals surface area contributed by atoms with E-state index >= 15 is 0 Å². The highest BCUT2D eigenvalue weighted by Crippen LogP contribution is 2.73. The normalized spacial score (nSPS) is 42.8. The summed E-state index contributed by atoms with van der Waals surface area (Å²) >= 11 is 0. The molecule has 37 heavy (non-hydrogen) atoms. The van der Waals surface area contributed by atoms with Gasteiger partial charge < -0.3 is 16.2 Å². The Morgan fingerprint density at radius 1 is 1.00 bits per heavy atom. The van der Waals surface area contributed by atoms with E-state index in [1.54, 1.807) is 0 Å². The van der Waals surface area contributed by atoms with Crippen LogP contribution in [0.3, 0.4) is 0 Å². The molecule has 204 valence electrons. The fourth-order valence-electron chi connectivity index (χ4n) is 10.9. The lowest BCUT2D eigenvalue weighted by Crippen LogP contribution is -2.53. The Morgan fingerprint density at radius 3 is 2.59 bits per heavy atom. The van der Waals surface area contributed by atoms with Crippen molar-refractivity contribution in [1.82, 2.24) is 0 Å². The van der Waals surface area contributed by atoms with Crippen molar-refractivity contribution < 1.29 is 4.74 Å². The first-order chi connectivity index (χ1) is 17.7. The molecule has 3 nitrogen and oxygen atoms in total. The maximum Gasteiger partial charge on any atom is 0.142 e. The van der Waals surface area contributed by atoms with Gasteiger partial charge in [-0.05, 0) is 128 Å². The second-order valence-corrected chi connectivity index (χ2v) is 14.7. The summed E-state index contributed by atoms with van der Waals surface area (Å²) in [5.41, 5.74) is 14.6. The van der Waals surface area contributed by atoms with Crippen LogP contribution in [0, 0.1) is 58.2 Å². The molecule has 0 amide bonds. The number of benzene rings is 1. The van der Waals surface area contributed by atoms with Crippen molar-refractivity contribution in [1.29, 1.82) is 0 Å². The third-order valence-electron chi connectivity index (χ3n) is 12.4. The quantitative estimate of drug-likeness (QED) is 0.289. The van der Waals surface area contributed by atoms with E-state index < -0.39 is 0 Å². The van der Waals surface area contributed by atoms with E-state index in [0.717, 1.165) is 53.6 Å². The van der Waals surface area contributed by atoms with Gasteiger partial charge in [0.1, 0.15) is 5.75 Å². The molecule has 1 spiro atoms. The number of anilines is 2. The molecular formula is C34H52N2O. The van der Waals surface area contributed by atoms with Gasteiger partial charge in [0, 0.05) is 5.69 Å². The van der Waals surface area contributed by atoms with E-state index in [1.165, 1.54) is 64.2 Å². The summed E-state index contributed by atoms with van der Waals surface area (Å²) in [6.07, 6.45) is 20.9. The van der Waals surface area contributed by atoms with Crippen molar-refractivity contribution in [2.75, 3.05) is 11.5 Å². The molecule has 4 saturated carbocycles. The minimum atomic E-state index is 0.262. The third kappa shape index (κ3) is 4.22. The summed E-state index contributed by atoms with van der Waals surface area (Å²) in [7, 11) is 0. The van der Waals surface area contributed by atoms with Gasteiger partial charge in [-0.15, -0.1) is 0 Å². The largest absolute Gasteiger partial charge is 0.488 e. The minimum Gasteiger partial charge on any atom is -0.488 e. The van der Waals surface area contributed by atoms with Crippen molar-refractivity contribution in [2.45, 2.75) is 104 Å². The minimum absolute atomic E-state index is 0.262. The lowest BCUT2D eigenvalue weighted by molar-refractivity contribution is -0.0859. The summed E-state index contributed by atoms with van der Waals surface area (Å²) in [5, 5.41) is 0. The molecule has 4 fully saturated rings. The van der Waals surface area contributed by atoms with Crippen LogP contribution < -0.4 is 16.2 Å². The second kappa shape index (κ2) is 9.53. The van der Waals surface area contributed by atoms with Gasteiger partial charge in [-0.3, -0.25) is 0 Å². The van der Waals surface area contributed by atoms with Crippen LogP contribution >= 0.6 is 0 Å². The predicted molar refractivity (Wildman–Crippen MR) is 155 cm³/mol.